The topological polar surface area (TPSA) is 23.8 Å². The Bertz CT molecular complexity index is 348. The van der Waals surface area contributed by atoms with Crippen molar-refractivity contribution in [2.75, 3.05) is 19.6 Å². The van der Waals surface area contributed by atoms with Crippen LogP contribution in [0.4, 0.5) is 0 Å². The van der Waals surface area contributed by atoms with Gasteiger partial charge in [-0.15, -0.1) is 0 Å². The van der Waals surface area contributed by atoms with Crippen molar-refractivity contribution in [2.45, 2.75) is 65.8 Å². The minimum atomic E-state index is 1.22. The maximum atomic E-state index is 6.25. The third kappa shape index (κ3) is 8.20. The minimum Gasteiger partial charge on any atom is -0.512 e. The van der Waals surface area contributed by atoms with Gasteiger partial charge in [0.15, 0.2) is 0 Å². The lowest BCUT2D eigenvalue weighted by atomic mass is 10.1. The normalized spacial score (nSPS) is 10.8. The molecular formula is C20H34N2. The second-order valence-electron chi connectivity index (χ2n) is 6.22. The van der Waals surface area contributed by atoms with Crippen molar-refractivity contribution in [2.24, 2.45) is 0 Å². The van der Waals surface area contributed by atoms with Crippen LogP contribution in [-0.4, -0.2) is 24.1 Å². The van der Waals surface area contributed by atoms with Gasteiger partial charge in [0.1, 0.15) is 6.54 Å². The molecule has 0 amide bonds. The zero-order valence-corrected chi connectivity index (χ0v) is 14.9. The molecule has 0 unspecified atom stereocenters. The second-order valence-corrected chi connectivity index (χ2v) is 6.22. The SMILES string of the molecule is CCCC[N+](CCCC)(CCCC)Cc1ccccc1.[C-]#N. The van der Waals surface area contributed by atoms with Crippen molar-refractivity contribution >= 4 is 0 Å². The zero-order valence-electron chi connectivity index (χ0n) is 14.9. The van der Waals surface area contributed by atoms with E-state index in [4.69, 9.17) is 11.8 Å². The third-order valence-corrected chi connectivity index (χ3v) is 4.32. The van der Waals surface area contributed by atoms with Gasteiger partial charge in [-0.25, -0.2) is 0 Å². The van der Waals surface area contributed by atoms with Gasteiger partial charge in [0.05, 0.1) is 19.6 Å². The van der Waals surface area contributed by atoms with Crippen LogP contribution < -0.4 is 0 Å². The first-order valence-electron chi connectivity index (χ1n) is 8.87. The van der Waals surface area contributed by atoms with Crippen molar-refractivity contribution < 1.29 is 4.48 Å². The highest BCUT2D eigenvalue weighted by atomic mass is 15.3. The van der Waals surface area contributed by atoms with Gasteiger partial charge in [-0.3, -0.25) is 0 Å². The van der Waals surface area contributed by atoms with Crippen LogP contribution in [0.1, 0.15) is 64.9 Å². The Morgan fingerprint density at radius 1 is 0.773 bits per heavy atom. The number of unbranched alkanes of at least 4 members (excludes halogenated alkanes) is 3. The molecule has 0 saturated carbocycles. The summed E-state index contributed by atoms with van der Waals surface area (Å²) in [6, 6.07) is 11.1. The molecule has 0 bridgehead atoms. The van der Waals surface area contributed by atoms with Gasteiger partial charge in [0.2, 0.25) is 0 Å². The Morgan fingerprint density at radius 2 is 1.18 bits per heavy atom. The highest BCUT2D eigenvalue weighted by Gasteiger charge is 2.25. The Balaban J connectivity index is 0.00000211. The summed E-state index contributed by atoms with van der Waals surface area (Å²) in [6.07, 6.45) is 8.02. The summed E-state index contributed by atoms with van der Waals surface area (Å²) in [4.78, 5) is 0. The lowest BCUT2D eigenvalue weighted by Crippen LogP contribution is -2.49. The van der Waals surface area contributed by atoms with Crippen LogP contribution >= 0.6 is 0 Å². The molecule has 0 aromatic heterocycles. The largest absolute Gasteiger partial charge is 0.512 e. The molecule has 0 aliphatic heterocycles. The summed E-state index contributed by atoms with van der Waals surface area (Å²) < 4.78 is 1.31. The molecule has 124 valence electrons. The van der Waals surface area contributed by atoms with Crippen LogP contribution in [0.5, 0.6) is 0 Å². The third-order valence-electron chi connectivity index (χ3n) is 4.32. The maximum Gasteiger partial charge on any atom is 0.104 e. The molecule has 0 atom stereocenters. The first kappa shape index (κ1) is 20.7. The average Bonchev–Trinajstić information content (AvgIpc) is 2.59. The van der Waals surface area contributed by atoms with Crippen molar-refractivity contribution in [1.29, 1.82) is 5.26 Å². The first-order valence-corrected chi connectivity index (χ1v) is 8.87. The summed E-state index contributed by atoms with van der Waals surface area (Å²) in [5.74, 6) is 0. The highest BCUT2D eigenvalue weighted by Crippen LogP contribution is 2.19. The number of hydrogen-bond donors (Lipinski definition) is 0. The molecule has 2 nitrogen and oxygen atoms in total. The van der Waals surface area contributed by atoms with Crippen molar-refractivity contribution in [3.8, 4) is 0 Å². The van der Waals surface area contributed by atoms with E-state index in [9.17, 15) is 0 Å². The number of benzene rings is 1. The van der Waals surface area contributed by atoms with Crippen LogP contribution in [0, 0.1) is 11.8 Å². The van der Waals surface area contributed by atoms with Gasteiger partial charge in [-0.2, -0.15) is 0 Å². The van der Waals surface area contributed by atoms with E-state index < -0.39 is 0 Å². The minimum absolute atomic E-state index is 1.22. The van der Waals surface area contributed by atoms with Gasteiger partial charge in [0, 0.05) is 5.56 Å². The van der Waals surface area contributed by atoms with Gasteiger partial charge in [0.25, 0.3) is 0 Å². The van der Waals surface area contributed by atoms with E-state index in [-0.39, 0.29) is 0 Å². The molecule has 22 heavy (non-hydrogen) atoms. The van der Waals surface area contributed by atoms with E-state index in [1.165, 1.54) is 74.8 Å². The molecule has 0 spiro atoms. The van der Waals surface area contributed by atoms with E-state index in [2.05, 4.69) is 51.1 Å². The van der Waals surface area contributed by atoms with Gasteiger partial charge in [-0.05, 0) is 19.3 Å². The molecule has 0 aliphatic rings. The van der Waals surface area contributed by atoms with Crippen molar-refractivity contribution in [3.63, 3.8) is 0 Å². The van der Waals surface area contributed by atoms with E-state index >= 15 is 0 Å². The van der Waals surface area contributed by atoms with E-state index in [0.717, 1.165) is 0 Å². The summed E-state index contributed by atoms with van der Waals surface area (Å²) >= 11 is 0. The Labute approximate surface area is 138 Å². The quantitative estimate of drug-likeness (QED) is 0.391. The lowest BCUT2D eigenvalue weighted by Gasteiger charge is -2.39. The van der Waals surface area contributed by atoms with Gasteiger partial charge in [-0.1, -0.05) is 70.4 Å². The highest BCUT2D eigenvalue weighted by molar-refractivity contribution is 5.13. The van der Waals surface area contributed by atoms with Crippen LogP contribution in [0.15, 0.2) is 30.3 Å². The van der Waals surface area contributed by atoms with Crippen LogP contribution in [-0.2, 0) is 6.54 Å². The monoisotopic (exact) mass is 302 g/mol. The predicted molar refractivity (Wildman–Crippen MR) is 94.7 cm³/mol. The number of hydrogen-bond acceptors (Lipinski definition) is 1. The molecule has 2 heteroatoms. The Kier molecular flexibility index (Phi) is 12.5. The molecular weight excluding hydrogens is 268 g/mol. The van der Waals surface area contributed by atoms with E-state index in [1.54, 1.807) is 0 Å². The summed E-state index contributed by atoms with van der Waals surface area (Å²) in [5.41, 5.74) is 1.51. The fourth-order valence-electron chi connectivity index (χ4n) is 3.02. The van der Waals surface area contributed by atoms with Crippen LogP contribution in [0.3, 0.4) is 0 Å². The molecule has 0 N–H and O–H groups in total. The first-order chi connectivity index (χ1) is 10.8. The van der Waals surface area contributed by atoms with Gasteiger partial charge < -0.3 is 16.3 Å². The molecule has 0 fully saturated rings. The molecule has 0 heterocycles. The van der Waals surface area contributed by atoms with Gasteiger partial charge >= 0.3 is 0 Å². The van der Waals surface area contributed by atoms with E-state index in [1.807, 2.05) is 0 Å². The standard InChI is InChI=1S/C19H34N.CN/c1-4-7-15-20(16-8-5-2,17-9-6-3)18-19-13-11-10-12-14-19;1-2/h10-14H,4-9,15-18H2,1-3H3;/q+1;-1. The summed E-state index contributed by atoms with van der Waals surface area (Å²) in [6.45, 7) is 17.0. The predicted octanol–water partition coefficient (Wildman–Crippen LogP) is 5.50. The van der Waals surface area contributed by atoms with Crippen LogP contribution in [0.2, 0.25) is 0 Å². The fourth-order valence-corrected chi connectivity index (χ4v) is 3.02. The molecule has 0 aliphatic carbocycles. The molecule has 1 aromatic carbocycles. The molecule has 0 saturated heterocycles. The Morgan fingerprint density at radius 3 is 1.55 bits per heavy atom. The summed E-state index contributed by atoms with van der Waals surface area (Å²) in [7, 11) is 0. The number of nitrogens with zero attached hydrogens (tertiary/aromatic N) is 2. The van der Waals surface area contributed by atoms with Crippen molar-refractivity contribution in [3.05, 3.63) is 42.5 Å². The summed E-state index contributed by atoms with van der Waals surface area (Å²) in [5, 5.41) is 6.25. The zero-order chi connectivity index (χ0) is 16.7. The fraction of sp³-hybridized carbons (Fsp3) is 0.650. The number of quaternary nitrogens is 1. The maximum absolute atomic E-state index is 6.25. The molecule has 1 aromatic rings. The Hall–Kier alpha value is -1.33. The van der Waals surface area contributed by atoms with Crippen LogP contribution in [0.25, 0.3) is 0 Å². The molecule has 1 rings (SSSR count). The smallest absolute Gasteiger partial charge is 0.104 e. The number of rotatable bonds is 11. The van der Waals surface area contributed by atoms with E-state index in [0.29, 0.717) is 0 Å². The lowest BCUT2D eigenvalue weighted by molar-refractivity contribution is -0.941. The van der Waals surface area contributed by atoms with Crippen molar-refractivity contribution in [1.82, 2.24) is 0 Å². The second kappa shape index (κ2) is 13.3. The average molecular weight is 303 g/mol. The molecule has 0 radical (unpaired) electrons.